The molecule has 0 atom stereocenters. The van der Waals surface area contributed by atoms with Gasteiger partial charge in [-0.2, -0.15) is 5.10 Å². The first-order valence-corrected chi connectivity index (χ1v) is 5.92. The Morgan fingerprint density at radius 2 is 2.44 bits per heavy atom. The highest BCUT2D eigenvalue weighted by atomic mass is 35.5. The average molecular weight is 256 g/mol. The minimum absolute atomic E-state index is 0.175. The van der Waals surface area contributed by atoms with Crippen LogP contribution in [0.2, 0.25) is 5.02 Å². The predicted octanol–water partition coefficient (Wildman–Crippen LogP) is 2.11. The maximum Gasteiger partial charge on any atom is 0.287 e. The first-order chi connectivity index (χ1) is 7.68. The standard InChI is InChI=1S/C10H10ClN3OS/c1-14-10(15)9(11)8(6-13-14)12-5-7-3-2-4-16-7/h2-4,6,12H,5H2,1H3. The van der Waals surface area contributed by atoms with E-state index in [9.17, 15) is 4.79 Å². The van der Waals surface area contributed by atoms with Gasteiger partial charge < -0.3 is 5.32 Å². The molecule has 4 nitrogen and oxygen atoms in total. The van der Waals surface area contributed by atoms with E-state index in [4.69, 9.17) is 11.6 Å². The molecule has 0 saturated heterocycles. The van der Waals surface area contributed by atoms with E-state index < -0.39 is 0 Å². The number of thiophene rings is 1. The first kappa shape index (κ1) is 11.2. The third-order valence-electron chi connectivity index (χ3n) is 2.11. The third-order valence-corrected chi connectivity index (χ3v) is 3.35. The molecule has 0 amide bonds. The Labute approximate surface area is 101 Å². The molecular formula is C10H10ClN3OS. The molecule has 0 saturated carbocycles. The van der Waals surface area contributed by atoms with Crippen molar-refractivity contribution >= 4 is 28.6 Å². The number of aryl methyl sites for hydroxylation is 1. The summed E-state index contributed by atoms with van der Waals surface area (Å²) < 4.78 is 1.21. The van der Waals surface area contributed by atoms with E-state index in [1.54, 1.807) is 24.6 Å². The summed E-state index contributed by atoms with van der Waals surface area (Å²) in [6, 6.07) is 3.99. The van der Waals surface area contributed by atoms with Gasteiger partial charge in [0.05, 0.1) is 11.9 Å². The minimum atomic E-state index is -0.294. The molecule has 0 aliphatic rings. The van der Waals surface area contributed by atoms with Gasteiger partial charge in [0.25, 0.3) is 5.56 Å². The van der Waals surface area contributed by atoms with Gasteiger partial charge in [-0.1, -0.05) is 17.7 Å². The molecule has 0 fully saturated rings. The highest BCUT2D eigenvalue weighted by Crippen LogP contribution is 2.17. The smallest absolute Gasteiger partial charge is 0.287 e. The maximum atomic E-state index is 11.5. The number of rotatable bonds is 3. The molecule has 0 radical (unpaired) electrons. The van der Waals surface area contributed by atoms with Crippen molar-refractivity contribution in [1.29, 1.82) is 0 Å². The van der Waals surface area contributed by atoms with Crippen LogP contribution >= 0.6 is 22.9 Å². The normalized spacial score (nSPS) is 10.4. The monoisotopic (exact) mass is 255 g/mol. The summed E-state index contributed by atoms with van der Waals surface area (Å²) >= 11 is 7.55. The molecule has 0 aliphatic carbocycles. The van der Waals surface area contributed by atoms with Crippen molar-refractivity contribution in [2.75, 3.05) is 5.32 Å². The summed E-state index contributed by atoms with van der Waals surface area (Å²) in [5.74, 6) is 0. The van der Waals surface area contributed by atoms with E-state index in [0.717, 1.165) is 0 Å². The number of halogens is 1. The molecule has 2 rings (SSSR count). The van der Waals surface area contributed by atoms with Crippen molar-refractivity contribution in [3.8, 4) is 0 Å². The van der Waals surface area contributed by atoms with Crippen molar-refractivity contribution < 1.29 is 0 Å². The number of nitrogens with one attached hydrogen (secondary N) is 1. The highest BCUT2D eigenvalue weighted by molar-refractivity contribution is 7.09. The minimum Gasteiger partial charge on any atom is -0.377 e. The van der Waals surface area contributed by atoms with Crippen molar-refractivity contribution in [3.05, 3.63) is 44.0 Å². The third kappa shape index (κ3) is 2.25. The molecule has 2 aromatic rings. The fourth-order valence-electron chi connectivity index (χ4n) is 1.23. The topological polar surface area (TPSA) is 46.9 Å². The van der Waals surface area contributed by atoms with Crippen LogP contribution in [0.1, 0.15) is 4.88 Å². The number of hydrogen-bond acceptors (Lipinski definition) is 4. The molecule has 0 unspecified atom stereocenters. The molecule has 2 aromatic heterocycles. The average Bonchev–Trinajstić information content (AvgIpc) is 2.78. The Morgan fingerprint density at radius 3 is 3.12 bits per heavy atom. The van der Waals surface area contributed by atoms with Gasteiger partial charge in [0, 0.05) is 18.5 Å². The Kier molecular flexibility index (Phi) is 3.26. The van der Waals surface area contributed by atoms with E-state index in [1.807, 2.05) is 17.5 Å². The summed E-state index contributed by atoms with van der Waals surface area (Å²) in [5.41, 5.74) is 0.274. The van der Waals surface area contributed by atoms with Gasteiger partial charge in [-0.05, 0) is 11.4 Å². The molecule has 16 heavy (non-hydrogen) atoms. The maximum absolute atomic E-state index is 11.5. The summed E-state index contributed by atoms with van der Waals surface area (Å²) in [6.45, 7) is 0.645. The van der Waals surface area contributed by atoms with Gasteiger partial charge in [-0.15, -0.1) is 11.3 Å². The molecular weight excluding hydrogens is 246 g/mol. The van der Waals surface area contributed by atoms with E-state index in [-0.39, 0.29) is 10.6 Å². The van der Waals surface area contributed by atoms with Gasteiger partial charge in [-0.3, -0.25) is 4.79 Å². The molecule has 84 valence electrons. The van der Waals surface area contributed by atoms with E-state index in [2.05, 4.69) is 10.4 Å². The Hall–Kier alpha value is -1.33. The van der Waals surface area contributed by atoms with Crippen LogP contribution < -0.4 is 10.9 Å². The number of aromatic nitrogens is 2. The Balaban J connectivity index is 2.16. The second kappa shape index (κ2) is 4.67. The Bertz CT molecular complexity index is 535. The van der Waals surface area contributed by atoms with E-state index >= 15 is 0 Å². The molecule has 1 N–H and O–H groups in total. The molecule has 2 heterocycles. The SMILES string of the molecule is Cn1ncc(NCc2cccs2)c(Cl)c1=O. The zero-order chi connectivity index (χ0) is 11.5. The van der Waals surface area contributed by atoms with Crippen LogP contribution in [0.15, 0.2) is 28.5 Å². The summed E-state index contributed by atoms with van der Waals surface area (Å²) in [7, 11) is 1.57. The molecule has 0 bridgehead atoms. The lowest BCUT2D eigenvalue weighted by atomic mass is 10.4. The fourth-order valence-corrected chi connectivity index (χ4v) is 2.11. The van der Waals surface area contributed by atoms with Crippen molar-refractivity contribution in [1.82, 2.24) is 9.78 Å². The lowest BCUT2D eigenvalue weighted by molar-refractivity contribution is 0.708. The van der Waals surface area contributed by atoms with Crippen LogP contribution in [0.3, 0.4) is 0 Å². The van der Waals surface area contributed by atoms with Crippen molar-refractivity contribution in [2.45, 2.75) is 6.54 Å². The largest absolute Gasteiger partial charge is 0.377 e. The van der Waals surface area contributed by atoms with Gasteiger partial charge in [-0.25, -0.2) is 4.68 Å². The summed E-state index contributed by atoms with van der Waals surface area (Å²) in [4.78, 5) is 12.7. The van der Waals surface area contributed by atoms with Crippen LogP contribution in [0, 0.1) is 0 Å². The van der Waals surface area contributed by atoms with Gasteiger partial charge in [0.15, 0.2) is 0 Å². The zero-order valence-corrected chi connectivity index (χ0v) is 10.2. The molecule has 0 aromatic carbocycles. The summed E-state index contributed by atoms with van der Waals surface area (Å²) in [6.07, 6.45) is 1.55. The van der Waals surface area contributed by atoms with Crippen LogP contribution in [-0.2, 0) is 13.6 Å². The second-order valence-electron chi connectivity index (χ2n) is 3.23. The van der Waals surface area contributed by atoms with Gasteiger partial charge >= 0.3 is 0 Å². The van der Waals surface area contributed by atoms with Gasteiger partial charge in [0.2, 0.25) is 0 Å². The molecule has 0 spiro atoms. The van der Waals surface area contributed by atoms with E-state index in [1.165, 1.54) is 9.56 Å². The van der Waals surface area contributed by atoms with Crippen LogP contribution in [-0.4, -0.2) is 9.78 Å². The first-order valence-electron chi connectivity index (χ1n) is 4.66. The number of anilines is 1. The fraction of sp³-hybridized carbons (Fsp3) is 0.200. The van der Waals surface area contributed by atoms with Crippen LogP contribution in [0.4, 0.5) is 5.69 Å². The lowest BCUT2D eigenvalue weighted by Crippen LogP contribution is -2.20. The highest BCUT2D eigenvalue weighted by Gasteiger charge is 2.06. The number of hydrogen-bond donors (Lipinski definition) is 1. The quantitative estimate of drug-likeness (QED) is 0.914. The molecule has 6 heteroatoms. The zero-order valence-electron chi connectivity index (χ0n) is 8.61. The van der Waals surface area contributed by atoms with E-state index in [0.29, 0.717) is 12.2 Å². The Morgan fingerprint density at radius 1 is 1.62 bits per heavy atom. The van der Waals surface area contributed by atoms with Crippen LogP contribution in [0.5, 0.6) is 0 Å². The van der Waals surface area contributed by atoms with Gasteiger partial charge in [0.1, 0.15) is 5.02 Å². The van der Waals surface area contributed by atoms with Crippen molar-refractivity contribution in [3.63, 3.8) is 0 Å². The predicted molar refractivity (Wildman–Crippen MR) is 66.1 cm³/mol. The second-order valence-corrected chi connectivity index (χ2v) is 4.64. The summed E-state index contributed by atoms with van der Waals surface area (Å²) in [5, 5.41) is 9.16. The van der Waals surface area contributed by atoms with Crippen LogP contribution in [0.25, 0.3) is 0 Å². The van der Waals surface area contributed by atoms with Crippen molar-refractivity contribution in [2.24, 2.45) is 7.05 Å². The number of nitrogens with zero attached hydrogens (tertiary/aromatic N) is 2. The molecule has 0 aliphatic heterocycles. The lowest BCUT2D eigenvalue weighted by Gasteiger charge is -2.06.